The summed E-state index contributed by atoms with van der Waals surface area (Å²) in [5.41, 5.74) is 5.80. The van der Waals surface area contributed by atoms with Crippen LogP contribution in [0.1, 0.15) is 25.7 Å². The van der Waals surface area contributed by atoms with Gasteiger partial charge in [-0.1, -0.05) is 24.4 Å². The Labute approximate surface area is 118 Å². The highest BCUT2D eigenvalue weighted by Crippen LogP contribution is 2.17. The molecule has 0 aliphatic heterocycles. The van der Waals surface area contributed by atoms with Crippen LogP contribution in [0.4, 0.5) is 0 Å². The van der Waals surface area contributed by atoms with Gasteiger partial charge in [-0.2, -0.15) is 0 Å². The van der Waals surface area contributed by atoms with Crippen molar-refractivity contribution in [3.8, 4) is 5.88 Å². The maximum atomic E-state index is 5.80. The topological polar surface area (TPSA) is 72.5 Å². The summed E-state index contributed by atoms with van der Waals surface area (Å²) >= 11 is 5.73. The van der Waals surface area contributed by atoms with Gasteiger partial charge in [-0.05, 0) is 18.9 Å². The van der Waals surface area contributed by atoms with Gasteiger partial charge >= 0.3 is 0 Å². The molecule has 5 nitrogen and oxygen atoms in total. The summed E-state index contributed by atoms with van der Waals surface area (Å²) in [5, 5.41) is 3.82. The van der Waals surface area contributed by atoms with Crippen LogP contribution in [0.25, 0.3) is 0 Å². The Morgan fingerprint density at radius 2 is 2.26 bits per heavy atom. The fraction of sp³-hybridized carbons (Fsp3) is 0.538. The van der Waals surface area contributed by atoms with Crippen molar-refractivity contribution in [1.82, 2.24) is 10.3 Å². The summed E-state index contributed by atoms with van der Waals surface area (Å²) < 4.78 is 5.42. The number of hydrogen-bond acceptors (Lipinski definition) is 3. The van der Waals surface area contributed by atoms with Crippen molar-refractivity contribution in [2.24, 2.45) is 10.7 Å². The molecular formula is C13H19ClN4O. The van der Waals surface area contributed by atoms with Crippen LogP contribution >= 0.6 is 11.6 Å². The molecule has 0 radical (unpaired) electrons. The highest BCUT2D eigenvalue weighted by atomic mass is 35.5. The van der Waals surface area contributed by atoms with Gasteiger partial charge in [0.1, 0.15) is 6.61 Å². The van der Waals surface area contributed by atoms with E-state index in [4.69, 9.17) is 22.1 Å². The number of guanidine groups is 1. The van der Waals surface area contributed by atoms with E-state index in [1.165, 1.54) is 25.7 Å². The Hall–Kier alpha value is -1.49. The number of rotatable bonds is 5. The van der Waals surface area contributed by atoms with Crippen LogP contribution in [0.15, 0.2) is 23.3 Å². The zero-order valence-corrected chi connectivity index (χ0v) is 11.6. The number of pyridine rings is 1. The number of hydrogen-bond donors (Lipinski definition) is 2. The van der Waals surface area contributed by atoms with E-state index in [0.717, 1.165) is 0 Å². The van der Waals surface area contributed by atoms with Gasteiger partial charge in [0.2, 0.25) is 5.88 Å². The Balaban J connectivity index is 1.66. The van der Waals surface area contributed by atoms with Crippen molar-refractivity contribution < 1.29 is 4.74 Å². The second kappa shape index (κ2) is 7.19. The third kappa shape index (κ3) is 4.95. The number of nitrogens with zero attached hydrogens (tertiary/aromatic N) is 2. The summed E-state index contributed by atoms with van der Waals surface area (Å²) in [5.74, 6) is 1.04. The number of halogens is 1. The molecular weight excluding hydrogens is 264 g/mol. The lowest BCUT2D eigenvalue weighted by molar-refractivity contribution is 0.316. The maximum Gasteiger partial charge on any atom is 0.213 e. The van der Waals surface area contributed by atoms with Crippen LogP contribution in [0.5, 0.6) is 5.88 Å². The number of ether oxygens (including phenoxy) is 1. The van der Waals surface area contributed by atoms with E-state index in [9.17, 15) is 0 Å². The normalized spacial score (nSPS) is 16.6. The molecule has 0 spiro atoms. The maximum absolute atomic E-state index is 5.80. The average Bonchev–Trinajstić information content (AvgIpc) is 2.89. The summed E-state index contributed by atoms with van der Waals surface area (Å²) in [4.78, 5) is 8.25. The SMILES string of the molecule is NC(=NCCOc1ccc(Cl)cn1)NC1CCCC1. The lowest BCUT2D eigenvalue weighted by Gasteiger charge is -2.12. The Kier molecular flexibility index (Phi) is 5.27. The Bertz CT molecular complexity index is 415. The number of aliphatic imine (C=N–C) groups is 1. The van der Waals surface area contributed by atoms with Crippen molar-refractivity contribution >= 4 is 17.6 Å². The fourth-order valence-electron chi connectivity index (χ4n) is 2.09. The minimum atomic E-state index is 0.446. The van der Waals surface area contributed by atoms with Crippen LogP contribution in [-0.4, -0.2) is 30.1 Å². The zero-order chi connectivity index (χ0) is 13.5. The first-order chi connectivity index (χ1) is 9.24. The molecule has 19 heavy (non-hydrogen) atoms. The highest BCUT2D eigenvalue weighted by molar-refractivity contribution is 6.30. The van der Waals surface area contributed by atoms with Crippen molar-refractivity contribution in [3.63, 3.8) is 0 Å². The molecule has 0 unspecified atom stereocenters. The predicted octanol–water partition coefficient (Wildman–Crippen LogP) is 1.96. The van der Waals surface area contributed by atoms with Gasteiger partial charge in [0.05, 0.1) is 11.6 Å². The molecule has 104 valence electrons. The highest BCUT2D eigenvalue weighted by Gasteiger charge is 2.14. The van der Waals surface area contributed by atoms with Gasteiger partial charge in [-0.15, -0.1) is 0 Å². The third-order valence-electron chi connectivity index (χ3n) is 3.03. The second-order valence-electron chi connectivity index (χ2n) is 4.56. The molecule has 0 bridgehead atoms. The van der Waals surface area contributed by atoms with Crippen LogP contribution < -0.4 is 15.8 Å². The fourth-order valence-corrected chi connectivity index (χ4v) is 2.20. The first kappa shape index (κ1) is 13.9. The molecule has 0 aromatic carbocycles. The summed E-state index contributed by atoms with van der Waals surface area (Å²) in [6.07, 6.45) is 6.46. The van der Waals surface area contributed by atoms with Gasteiger partial charge < -0.3 is 15.8 Å². The Morgan fingerprint density at radius 1 is 1.47 bits per heavy atom. The lowest BCUT2D eigenvalue weighted by atomic mass is 10.2. The van der Waals surface area contributed by atoms with Crippen LogP contribution in [0, 0.1) is 0 Å². The van der Waals surface area contributed by atoms with Crippen LogP contribution in [0.2, 0.25) is 5.02 Å². The molecule has 3 N–H and O–H groups in total. The molecule has 0 atom stereocenters. The monoisotopic (exact) mass is 282 g/mol. The quantitative estimate of drug-likeness (QED) is 0.492. The number of nitrogens with one attached hydrogen (secondary N) is 1. The first-order valence-corrected chi connectivity index (χ1v) is 6.92. The first-order valence-electron chi connectivity index (χ1n) is 6.55. The van der Waals surface area contributed by atoms with E-state index >= 15 is 0 Å². The molecule has 1 saturated carbocycles. The van der Waals surface area contributed by atoms with Crippen LogP contribution in [-0.2, 0) is 0 Å². The standard InChI is InChI=1S/C13H19ClN4O/c14-10-5-6-12(17-9-10)19-8-7-16-13(15)18-11-3-1-2-4-11/h5-6,9,11H,1-4,7-8H2,(H3,15,16,18). The molecule has 0 amide bonds. The molecule has 1 aliphatic carbocycles. The minimum Gasteiger partial charge on any atom is -0.476 e. The molecule has 1 aromatic heterocycles. The molecule has 1 fully saturated rings. The Morgan fingerprint density at radius 3 is 2.95 bits per heavy atom. The van der Waals surface area contributed by atoms with Crippen molar-refractivity contribution in [2.45, 2.75) is 31.7 Å². The number of aromatic nitrogens is 1. The predicted molar refractivity (Wildman–Crippen MR) is 76.6 cm³/mol. The third-order valence-corrected chi connectivity index (χ3v) is 3.25. The van der Waals surface area contributed by atoms with Gasteiger partial charge in [0.15, 0.2) is 5.96 Å². The summed E-state index contributed by atoms with van der Waals surface area (Å²) in [6.45, 7) is 0.956. The largest absolute Gasteiger partial charge is 0.476 e. The molecule has 1 aromatic rings. The summed E-state index contributed by atoms with van der Waals surface area (Å²) in [6, 6.07) is 3.96. The van der Waals surface area contributed by atoms with Crippen molar-refractivity contribution in [1.29, 1.82) is 0 Å². The van der Waals surface area contributed by atoms with E-state index in [0.29, 0.717) is 36.1 Å². The van der Waals surface area contributed by atoms with E-state index < -0.39 is 0 Å². The molecule has 1 heterocycles. The molecule has 1 aliphatic rings. The van der Waals surface area contributed by atoms with E-state index in [2.05, 4.69) is 15.3 Å². The van der Waals surface area contributed by atoms with Gasteiger partial charge in [-0.25, -0.2) is 9.98 Å². The molecule has 6 heteroatoms. The van der Waals surface area contributed by atoms with Crippen molar-refractivity contribution in [2.75, 3.05) is 13.2 Å². The second-order valence-corrected chi connectivity index (χ2v) is 4.99. The van der Waals surface area contributed by atoms with Gasteiger partial charge in [0, 0.05) is 18.3 Å². The minimum absolute atomic E-state index is 0.446. The smallest absolute Gasteiger partial charge is 0.213 e. The van der Waals surface area contributed by atoms with E-state index in [-0.39, 0.29) is 0 Å². The number of nitrogens with two attached hydrogens (primary N) is 1. The molecule has 2 rings (SSSR count). The van der Waals surface area contributed by atoms with Crippen LogP contribution in [0.3, 0.4) is 0 Å². The van der Waals surface area contributed by atoms with Crippen molar-refractivity contribution in [3.05, 3.63) is 23.4 Å². The van der Waals surface area contributed by atoms with Gasteiger partial charge in [0.25, 0.3) is 0 Å². The van der Waals surface area contributed by atoms with E-state index in [1.807, 2.05) is 0 Å². The lowest BCUT2D eigenvalue weighted by Crippen LogP contribution is -2.38. The zero-order valence-electron chi connectivity index (χ0n) is 10.8. The molecule has 0 saturated heterocycles. The van der Waals surface area contributed by atoms with Gasteiger partial charge in [-0.3, -0.25) is 0 Å². The summed E-state index contributed by atoms with van der Waals surface area (Å²) in [7, 11) is 0. The average molecular weight is 283 g/mol. The van der Waals surface area contributed by atoms with E-state index in [1.54, 1.807) is 18.3 Å².